The Morgan fingerprint density at radius 1 is 0.681 bits per heavy atom. The van der Waals surface area contributed by atoms with Gasteiger partial charge in [-0.15, -0.1) is 0 Å². The second-order valence-electron chi connectivity index (χ2n) is 23.4. The Morgan fingerprint density at radius 2 is 1.16 bits per heavy atom. The van der Waals surface area contributed by atoms with Crippen molar-refractivity contribution in [1.29, 1.82) is 5.26 Å². The van der Waals surface area contributed by atoms with Gasteiger partial charge in [0.1, 0.15) is 60.3 Å². The molecule has 5 aromatic carbocycles. The van der Waals surface area contributed by atoms with Gasteiger partial charge in [0.2, 0.25) is 0 Å². The zero-order chi connectivity index (χ0) is 66.4. The lowest BCUT2D eigenvalue weighted by Gasteiger charge is -2.40. The SMILES string of the molecule is COc1ccc(C(OC[C@H]2O[C@@H](n3cnc4c(NC(=O)c5ccccc5)ncnc43)[C@H](F)[C@@H]2OP(=S)(OCCC#N)OC[C@H]2O[C@@H](n3cnc4c(NC(=O)c5ccccc5)ncnc43)[C@H](O[Si](C)(C)C(C)(C)C)[C@@H]2O[PH](=O)O)(c2ccccc2)c2ccc(OC)cc2)cc1. The molecule has 2 fully saturated rings. The summed E-state index contributed by atoms with van der Waals surface area (Å²) in [5.74, 6) is 0.333. The largest absolute Gasteiger partial charge is 0.497 e. The number of imidazole rings is 2. The van der Waals surface area contributed by atoms with Crippen LogP contribution in [0.2, 0.25) is 18.1 Å². The van der Waals surface area contributed by atoms with Gasteiger partial charge in [-0.3, -0.25) is 27.8 Å². The lowest BCUT2D eigenvalue weighted by molar-refractivity contribution is -0.0933. The number of aromatic nitrogens is 8. The van der Waals surface area contributed by atoms with Crippen molar-refractivity contribution in [3.8, 4) is 17.6 Å². The van der Waals surface area contributed by atoms with Gasteiger partial charge < -0.3 is 57.2 Å². The summed E-state index contributed by atoms with van der Waals surface area (Å²) < 4.78 is 99.3. The van der Waals surface area contributed by atoms with Crippen LogP contribution >= 0.6 is 15.0 Å². The van der Waals surface area contributed by atoms with Crippen molar-refractivity contribution in [3.63, 3.8) is 0 Å². The monoisotopic (exact) mass is 1360 g/mol. The van der Waals surface area contributed by atoms with E-state index in [1.54, 1.807) is 104 Å². The molecule has 4 aromatic heterocycles. The minimum absolute atomic E-state index is 0.0359. The minimum atomic E-state index is -4.40. The molecule has 2 unspecified atom stereocenters. The quantitative estimate of drug-likeness (QED) is 0.0196. The number of hydrogen-bond acceptors (Lipinski definition) is 21. The number of anilines is 2. The van der Waals surface area contributed by atoms with Crippen LogP contribution in [0, 0.1) is 11.3 Å². The van der Waals surface area contributed by atoms with Crippen molar-refractivity contribution in [3.05, 3.63) is 193 Å². The van der Waals surface area contributed by atoms with E-state index in [1.807, 2.05) is 94.5 Å². The number of hydrogen-bond donors (Lipinski definition) is 3. The lowest BCUT2D eigenvalue weighted by atomic mass is 9.80. The van der Waals surface area contributed by atoms with E-state index in [9.17, 15) is 24.3 Å². The number of fused-ring (bicyclic) bond motifs is 2. The normalized spacial score (nSPS) is 20.9. The highest BCUT2D eigenvalue weighted by Crippen LogP contribution is 2.56. The first kappa shape index (κ1) is 67.3. The molecule has 10 atom stereocenters. The maximum Gasteiger partial charge on any atom is 0.327 e. The predicted molar refractivity (Wildman–Crippen MR) is 350 cm³/mol. The Kier molecular flexibility index (Phi) is 20.7. The van der Waals surface area contributed by atoms with Gasteiger partial charge in [0, 0.05) is 11.1 Å². The van der Waals surface area contributed by atoms with Crippen molar-refractivity contribution >= 4 is 80.9 Å². The van der Waals surface area contributed by atoms with Crippen LogP contribution in [-0.4, -0.2) is 135 Å². The summed E-state index contributed by atoms with van der Waals surface area (Å²) in [7, 11) is -3.56. The van der Waals surface area contributed by atoms with Crippen LogP contribution in [0.15, 0.2) is 165 Å². The molecule has 11 rings (SSSR count). The summed E-state index contributed by atoms with van der Waals surface area (Å²) in [6, 6.07) is 43.1. The maximum atomic E-state index is 18.5. The van der Waals surface area contributed by atoms with Crippen molar-refractivity contribution in [2.75, 3.05) is 44.7 Å². The number of amides is 2. The summed E-state index contributed by atoms with van der Waals surface area (Å²) in [6.07, 6.45) is -7.05. The molecule has 2 saturated heterocycles. The summed E-state index contributed by atoms with van der Waals surface area (Å²) >= 11 is 6.27. The van der Waals surface area contributed by atoms with Crippen LogP contribution in [0.25, 0.3) is 22.3 Å². The average molecular weight is 1360 g/mol. The Morgan fingerprint density at radius 3 is 1.65 bits per heavy atom. The number of carbonyl (C=O) groups is 2. The molecule has 2 amide bonds. The molecule has 0 spiro atoms. The summed E-state index contributed by atoms with van der Waals surface area (Å²) in [5.41, 5.74) is 1.75. The van der Waals surface area contributed by atoms with Gasteiger partial charge in [0.05, 0.1) is 59.2 Å². The first-order valence-corrected chi connectivity index (χ1v) is 36.5. The van der Waals surface area contributed by atoms with E-state index in [-0.39, 0.29) is 47.0 Å². The minimum Gasteiger partial charge on any atom is -0.497 e. The highest BCUT2D eigenvalue weighted by molar-refractivity contribution is 8.07. The zero-order valence-corrected chi connectivity index (χ0v) is 55.8. The van der Waals surface area contributed by atoms with E-state index < -0.39 is 108 Å². The van der Waals surface area contributed by atoms with Gasteiger partial charge in [-0.2, -0.15) is 5.26 Å². The van der Waals surface area contributed by atoms with E-state index in [4.69, 9.17) is 58.0 Å². The number of halogens is 1. The van der Waals surface area contributed by atoms with Gasteiger partial charge in [-0.05, 0) is 95.2 Å². The Balaban J connectivity index is 0.972. The highest BCUT2D eigenvalue weighted by atomic mass is 32.5. The Hall–Kier alpha value is -8.10. The second kappa shape index (κ2) is 28.9. The number of alkyl halides is 1. The molecule has 0 bridgehead atoms. The number of nitrogens with zero attached hydrogens (tertiary/aromatic N) is 9. The molecule has 30 heteroatoms. The van der Waals surface area contributed by atoms with Gasteiger partial charge >= 0.3 is 15.0 Å². The van der Waals surface area contributed by atoms with Crippen molar-refractivity contribution in [2.45, 2.75) is 100 Å². The summed E-state index contributed by atoms with van der Waals surface area (Å²) in [4.78, 5) is 64.4. The fourth-order valence-corrected chi connectivity index (χ4v) is 14.7. The first-order chi connectivity index (χ1) is 45.2. The first-order valence-electron chi connectivity index (χ1n) is 29.8. The lowest BCUT2D eigenvalue weighted by Crippen LogP contribution is -2.49. The van der Waals surface area contributed by atoms with E-state index >= 15 is 4.39 Å². The van der Waals surface area contributed by atoms with E-state index in [0.717, 1.165) is 0 Å². The standard InChI is InChI=1S/C64H68FN11O14P2SSi/c1-63(2,3)94(6,7)90-54-53(88-91(79)80)48(87-62(54)76-39-72-51-56(68-37-70-58(51)76)74-60(78)41-20-13-9-14-21-41)35-85-92(93,84-33-17-32-66)89-52-47(86-61(49(52)65)75-38-71-50-55(67-36-69-57(50)75)73-59(77)40-18-11-8-12-19-40)34-83-64(42-22-15-10-16-23-42,43-24-28-45(81-4)29-25-43)44-26-30-46(82-5)31-27-44/h8-16,18-31,36-39,47-49,52-54,61-62,91H,17,33-35H2,1-7H3,(H,79,80)(H,67,69,73,77)(H,68,70,74,78)/t47-,48-,49-,52-,53-,54-,61-,62-,92?/m1/s1. The average Bonchev–Trinajstić information content (AvgIpc) is 1.47. The number of nitrogens with one attached hydrogen (secondary N) is 2. The fourth-order valence-electron chi connectivity index (χ4n) is 10.8. The van der Waals surface area contributed by atoms with Crippen LogP contribution in [-0.2, 0) is 58.7 Å². The molecular weight excluding hydrogens is 1290 g/mol. The highest BCUT2D eigenvalue weighted by Gasteiger charge is 2.55. The molecule has 9 aromatic rings. The fraction of sp³-hybridized carbons (Fsp3) is 0.328. The number of benzene rings is 5. The molecule has 94 heavy (non-hydrogen) atoms. The van der Waals surface area contributed by atoms with Crippen molar-refractivity contribution < 1.29 is 69.6 Å². The molecule has 490 valence electrons. The molecule has 2 aliphatic rings. The van der Waals surface area contributed by atoms with Crippen LogP contribution in [0.3, 0.4) is 0 Å². The molecule has 0 aliphatic carbocycles. The third kappa shape index (κ3) is 14.3. The second-order valence-corrected chi connectivity index (χ2v) is 31.9. The van der Waals surface area contributed by atoms with Crippen LogP contribution in [0.4, 0.5) is 16.0 Å². The molecule has 6 heterocycles. The van der Waals surface area contributed by atoms with Crippen molar-refractivity contribution in [2.24, 2.45) is 0 Å². The summed E-state index contributed by atoms with van der Waals surface area (Å²) in [5, 5.41) is 15.0. The number of ether oxygens (including phenoxy) is 5. The topological polar surface area (TPSA) is 299 Å². The van der Waals surface area contributed by atoms with E-state index in [1.165, 1.54) is 29.9 Å². The Bertz CT molecular complexity index is 4190. The number of carbonyl (C=O) groups excluding carboxylic acids is 2. The van der Waals surface area contributed by atoms with Crippen LogP contribution < -0.4 is 20.1 Å². The van der Waals surface area contributed by atoms with Crippen molar-refractivity contribution in [1.82, 2.24) is 39.0 Å². The van der Waals surface area contributed by atoms with Gasteiger partial charge in [0.15, 0.2) is 60.9 Å². The van der Waals surface area contributed by atoms with Crippen LogP contribution in [0.5, 0.6) is 11.5 Å². The van der Waals surface area contributed by atoms with Crippen LogP contribution in [0.1, 0.15) is 77.1 Å². The third-order valence-electron chi connectivity index (χ3n) is 16.6. The van der Waals surface area contributed by atoms with Gasteiger partial charge in [0.25, 0.3) is 11.8 Å². The molecule has 3 N–H and O–H groups in total. The number of rotatable bonds is 26. The van der Waals surface area contributed by atoms with E-state index in [2.05, 4.69) is 40.5 Å². The van der Waals surface area contributed by atoms with Gasteiger partial charge in [-0.1, -0.05) is 112 Å². The number of methoxy groups -OCH3 is 2. The molecule has 0 saturated carbocycles. The zero-order valence-electron chi connectivity index (χ0n) is 52.0. The third-order valence-corrected chi connectivity index (χ3v) is 23.9. The number of nitriles is 1. The smallest absolute Gasteiger partial charge is 0.327 e. The molecular formula is C64H68FN11O14P2SSi. The molecule has 2 aliphatic heterocycles. The molecule has 25 nitrogen and oxygen atoms in total. The van der Waals surface area contributed by atoms with Gasteiger partial charge in [-0.25, -0.2) is 34.3 Å². The summed E-state index contributed by atoms with van der Waals surface area (Å²) in [6.45, 7) is 4.25. The van der Waals surface area contributed by atoms with E-state index in [0.29, 0.717) is 39.3 Å². The molecule has 0 radical (unpaired) electrons. The predicted octanol–water partition coefficient (Wildman–Crippen LogP) is 11.0. The Labute approximate surface area is 547 Å². The maximum absolute atomic E-state index is 18.5.